The molecule has 0 saturated carbocycles. The predicted molar refractivity (Wildman–Crippen MR) is 57.6 cm³/mol. The van der Waals surface area contributed by atoms with Crippen molar-refractivity contribution >= 4 is 13.3 Å². The molecule has 5 nitrogen and oxygen atoms in total. The Morgan fingerprint density at radius 1 is 1.47 bits per heavy atom. The molecule has 0 amide bonds. The van der Waals surface area contributed by atoms with Crippen LogP contribution in [0.5, 0.6) is 0 Å². The van der Waals surface area contributed by atoms with E-state index in [0.717, 1.165) is 18.5 Å². The number of nitrogens with one attached hydrogen (secondary N) is 1. The molecular formula is C9H12BN2O3. The van der Waals surface area contributed by atoms with Crippen molar-refractivity contribution < 1.29 is 9.58 Å². The van der Waals surface area contributed by atoms with Gasteiger partial charge < -0.3 is 9.88 Å². The second-order valence-electron chi connectivity index (χ2n) is 2.98. The summed E-state index contributed by atoms with van der Waals surface area (Å²) in [6.07, 6.45) is 0.803. The highest BCUT2D eigenvalue weighted by Gasteiger charge is 2.03. The Labute approximate surface area is 88.9 Å². The lowest BCUT2D eigenvalue weighted by Gasteiger charge is -2.01. The van der Waals surface area contributed by atoms with E-state index in [-0.39, 0.29) is 5.69 Å². The fraction of sp³-hybridized carbons (Fsp3) is 0.333. The molecule has 15 heavy (non-hydrogen) atoms. The molecule has 0 aliphatic carbocycles. The lowest BCUT2D eigenvalue weighted by Crippen LogP contribution is -2.23. The van der Waals surface area contributed by atoms with E-state index in [1.54, 1.807) is 19.2 Å². The maximum atomic E-state index is 10.4. The molecule has 79 valence electrons. The standard InChI is InChI=1S/C9H12BN2O3/c1-15-10-11-7-6-8-2-4-9(5-3-8)12(13)14/h2-5,11H,6-7H2,1H3. The van der Waals surface area contributed by atoms with Gasteiger partial charge in [0.25, 0.3) is 5.69 Å². The summed E-state index contributed by atoms with van der Waals surface area (Å²) in [4.78, 5) is 9.98. The van der Waals surface area contributed by atoms with Crippen molar-refractivity contribution in [2.45, 2.75) is 6.42 Å². The zero-order valence-electron chi connectivity index (χ0n) is 8.47. The third kappa shape index (κ3) is 4.10. The Hall–Kier alpha value is -1.40. The van der Waals surface area contributed by atoms with Crippen molar-refractivity contribution in [3.05, 3.63) is 39.9 Å². The number of non-ortho nitro benzene ring substituents is 1. The summed E-state index contributed by atoms with van der Waals surface area (Å²) in [6.45, 7) is 0.742. The molecule has 0 fully saturated rings. The monoisotopic (exact) mass is 207 g/mol. The molecule has 0 aliphatic heterocycles. The quantitative estimate of drug-likeness (QED) is 0.326. The van der Waals surface area contributed by atoms with E-state index < -0.39 is 4.92 Å². The average Bonchev–Trinajstić information content (AvgIpc) is 2.25. The van der Waals surface area contributed by atoms with Crippen LogP contribution in [0.15, 0.2) is 24.3 Å². The number of hydrogen-bond donors (Lipinski definition) is 1. The minimum Gasteiger partial charge on any atom is -0.427 e. The molecule has 0 unspecified atom stereocenters. The molecule has 0 aliphatic rings. The summed E-state index contributed by atoms with van der Waals surface area (Å²) in [5, 5.41) is 13.3. The number of benzene rings is 1. The van der Waals surface area contributed by atoms with Crippen LogP contribution in [0.4, 0.5) is 5.69 Å². The van der Waals surface area contributed by atoms with Crippen LogP contribution in [0, 0.1) is 10.1 Å². The largest absolute Gasteiger partial charge is 0.427 e. The highest BCUT2D eigenvalue weighted by molar-refractivity contribution is 6.23. The fourth-order valence-corrected chi connectivity index (χ4v) is 1.14. The molecule has 0 aromatic heterocycles. The van der Waals surface area contributed by atoms with Crippen LogP contribution < -0.4 is 5.23 Å². The smallest absolute Gasteiger partial charge is 0.395 e. The second-order valence-corrected chi connectivity index (χ2v) is 2.98. The lowest BCUT2D eigenvalue weighted by atomic mass is 10.1. The van der Waals surface area contributed by atoms with E-state index >= 15 is 0 Å². The molecular weight excluding hydrogens is 195 g/mol. The number of nitrogens with zero attached hydrogens (tertiary/aromatic N) is 1. The van der Waals surface area contributed by atoms with Gasteiger partial charge in [0.05, 0.1) is 4.92 Å². The van der Waals surface area contributed by atoms with Gasteiger partial charge in [-0.3, -0.25) is 10.1 Å². The van der Waals surface area contributed by atoms with Crippen molar-refractivity contribution in [3.8, 4) is 0 Å². The normalized spacial score (nSPS) is 9.93. The van der Waals surface area contributed by atoms with Crippen LogP contribution in [0.2, 0.25) is 0 Å². The van der Waals surface area contributed by atoms with Crippen LogP contribution in [-0.2, 0) is 11.1 Å². The van der Waals surface area contributed by atoms with Gasteiger partial charge in [0.1, 0.15) is 0 Å². The van der Waals surface area contributed by atoms with Crippen molar-refractivity contribution in [1.82, 2.24) is 5.23 Å². The maximum absolute atomic E-state index is 10.4. The fourth-order valence-electron chi connectivity index (χ4n) is 1.14. The first kappa shape index (κ1) is 11.7. The highest BCUT2D eigenvalue weighted by atomic mass is 16.6. The van der Waals surface area contributed by atoms with E-state index in [2.05, 4.69) is 5.23 Å². The van der Waals surface area contributed by atoms with Crippen LogP contribution in [0.1, 0.15) is 5.56 Å². The van der Waals surface area contributed by atoms with Gasteiger partial charge in [-0.1, -0.05) is 12.1 Å². The van der Waals surface area contributed by atoms with Crippen LogP contribution in [0.25, 0.3) is 0 Å². The molecule has 1 aromatic carbocycles. The molecule has 0 atom stereocenters. The molecule has 6 heteroatoms. The first-order valence-electron chi connectivity index (χ1n) is 4.55. The van der Waals surface area contributed by atoms with Crippen molar-refractivity contribution in [2.24, 2.45) is 0 Å². The minimum atomic E-state index is -0.402. The van der Waals surface area contributed by atoms with Gasteiger partial charge in [0.2, 0.25) is 0 Å². The topological polar surface area (TPSA) is 64.4 Å². The van der Waals surface area contributed by atoms with Gasteiger partial charge in [-0.15, -0.1) is 0 Å². The lowest BCUT2D eigenvalue weighted by molar-refractivity contribution is -0.384. The summed E-state index contributed by atoms with van der Waals surface area (Å²) < 4.78 is 4.70. The van der Waals surface area contributed by atoms with E-state index in [0.29, 0.717) is 0 Å². The summed E-state index contributed by atoms with van der Waals surface area (Å²) in [5.74, 6) is 0. The summed E-state index contributed by atoms with van der Waals surface area (Å²) in [6, 6.07) is 6.53. The zero-order valence-corrected chi connectivity index (χ0v) is 8.47. The Balaban J connectivity index is 2.39. The molecule has 0 bridgehead atoms. The Bertz CT molecular complexity index is 316. The van der Waals surface area contributed by atoms with Gasteiger partial charge in [-0.25, -0.2) is 0 Å². The van der Waals surface area contributed by atoms with Gasteiger partial charge in [-0.05, 0) is 18.5 Å². The highest BCUT2D eigenvalue weighted by Crippen LogP contribution is 2.11. The third-order valence-electron chi connectivity index (χ3n) is 1.91. The Morgan fingerprint density at radius 3 is 2.67 bits per heavy atom. The van der Waals surface area contributed by atoms with E-state index in [4.69, 9.17) is 4.65 Å². The molecule has 1 aromatic rings. The maximum Gasteiger partial charge on any atom is 0.395 e. The number of nitro benzene ring substituents is 1. The molecule has 0 spiro atoms. The molecule has 1 rings (SSSR count). The Morgan fingerprint density at radius 2 is 2.13 bits per heavy atom. The summed E-state index contributed by atoms with van der Waals surface area (Å²) in [5.41, 5.74) is 1.17. The molecule has 1 N–H and O–H groups in total. The number of hydrogen-bond acceptors (Lipinski definition) is 4. The van der Waals surface area contributed by atoms with E-state index in [9.17, 15) is 10.1 Å². The molecule has 0 saturated heterocycles. The zero-order chi connectivity index (χ0) is 11.1. The predicted octanol–water partition coefficient (Wildman–Crippen LogP) is 0.907. The van der Waals surface area contributed by atoms with Gasteiger partial charge in [0, 0.05) is 19.2 Å². The Kier molecular flexibility index (Phi) is 4.79. The van der Waals surface area contributed by atoms with Crippen LogP contribution in [0.3, 0.4) is 0 Å². The van der Waals surface area contributed by atoms with Gasteiger partial charge >= 0.3 is 7.62 Å². The van der Waals surface area contributed by atoms with Crippen LogP contribution >= 0.6 is 0 Å². The van der Waals surface area contributed by atoms with E-state index in [1.807, 2.05) is 0 Å². The van der Waals surface area contributed by atoms with Crippen molar-refractivity contribution in [3.63, 3.8) is 0 Å². The first-order chi connectivity index (χ1) is 7.24. The van der Waals surface area contributed by atoms with E-state index in [1.165, 1.54) is 19.7 Å². The van der Waals surface area contributed by atoms with Gasteiger partial charge in [0.15, 0.2) is 0 Å². The van der Waals surface area contributed by atoms with Crippen molar-refractivity contribution in [1.29, 1.82) is 0 Å². The first-order valence-corrected chi connectivity index (χ1v) is 4.55. The second kappa shape index (κ2) is 6.16. The van der Waals surface area contributed by atoms with Gasteiger partial charge in [-0.2, -0.15) is 0 Å². The third-order valence-corrected chi connectivity index (χ3v) is 1.91. The summed E-state index contributed by atoms with van der Waals surface area (Å²) >= 11 is 0. The number of nitro groups is 1. The number of rotatable bonds is 6. The summed E-state index contributed by atoms with van der Waals surface area (Å²) in [7, 11) is 3.07. The minimum absolute atomic E-state index is 0.121. The van der Waals surface area contributed by atoms with Crippen molar-refractivity contribution in [2.75, 3.05) is 13.7 Å². The van der Waals surface area contributed by atoms with Crippen LogP contribution in [-0.4, -0.2) is 26.2 Å². The molecule has 0 heterocycles. The molecule has 1 radical (unpaired) electrons. The average molecular weight is 207 g/mol. The SMILES string of the molecule is CO[B]NCCc1ccc([N+](=O)[O-])cc1.